The quantitative estimate of drug-likeness (QED) is 0.300. The van der Waals surface area contributed by atoms with E-state index in [0.717, 1.165) is 5.75 Å². The summed E-state index contributed by atoms with van der Waals surface area (Å²) >= 11 is 3.75. The average molecular weight is 370 g/mol. The van der Waals surface area contributed by atoms with Crippen molar-refractivity contribution < 1.29 is 4.74 Å². The van der Waals surface area contributed by atoms with Gasteiger partial charge in [-0.2, -0.15) is 0 Å². The van der Waals surface area contributed by atoms with Crippen LogP contribution in [0.25, 0.3) is 46.8 Å². The van der Waals surface area contributed by atoms with Crippen LogP contribution < -0.4 is 4.74 Å². The molecule has 0 unspecified atom stereocenters. The second-order valence-electron chi connectivity index (χ2n) is 6.48. The molecule has 2 aromatic heterocycles. The number of hydrogen-bond donors (Lipinski definition) is 0. The van der Waals surface area contributed by atoms with Crippen molar-refractivity contribution in [2.75, 3.05) is 6.61 Å². The lowest BCUT2D eigenvalue weighted by molar-refractivity contribution is 0.364. The molecule has 26 heavy (non-hydrogen) atoms. The first-order chi connectivity index (χ1) is 12.9. The van der Waals surface area contributed by atoms with Gasteiger partial charge in [0.15, 0.2) is 0 Å². The summed E-state index contributed by atoms with van der Waals surface area (Å²) < 4.78 is 10.1. The normalized spacial score (nSPS) is 13.4. The number of thiophene rings is 2. The van der Waals surface area contributed by atoms with Crippen molar-refractivity contribution in [2.24, 2.45) is 0 Å². The first-order valence-corrected chi connectivity index (χ1v) is 10.3. The van der Waals surface area contributed by atoms with Gasteiger partial charge in [0, 0.05) is 20.5 Å². The van der Waals surface area contributed by atoms with E-state index in [1.807, 2.05) is 22.7 Å². The topological polar surface area (TPSA) is 9.23 Å². The summed E-state index contributed by atoms with van der Waals surface area (Å²) in [4.78, 5) is 1.33. The van der Waals surface area contributed by atoms with Gasteiger partial charge in [-0.05, 0) is 28.5 Å². The van der Waals surface area contributed by atoms with Crippen molar-refractivity contribution in [1.82, 2.24) is 0 Å². The van der Waals surface area contributed by atoms with Gasteiger partial charge in [0.25, 0.3) is 0 Å². The van der Waals surface area contributed by atoms with Gasteiger partial charge in [0.2, 0.25) is 0 Å². The van der Waals surface area contributed by atoms with Gasteiger partial charge >= 0.3 is 0 Å². The van der Waals surface area contributed by atoms with Crippen LogP contribution >= 0.6 is 22.7 Å². The van der Waals surface area contributed by atoms with Crippen LogP contribution in [-0.2, 0) is 0 Å². The Morgan fingerprint density at radius 2 is 1.62 bits per heavy atom. The van der Waals surface area contributed by atoms with E-state index in [-0.39, 0.29) is 0 Å². The fraction of sp³-hybridized carbons (Fsp3) is 0.0435. The summed E-state index contributed by atoms with van der Waals surface area (Å²) in [7, 11) is 0. The molecule has 3 aromatic carbocycles. The number of hydrogen-bond acceptors (Lipinski definition) is 3. The Morgan fingerprint density at radius 1 is 0.808 bits per heavy atom. The lowest BCUT2D eigenvalue weighted by Gasteiger charge is -2.16. The van der Waals surface area contributed by atoms with Crippen LogP contribution in [0.4, 0.5) is 0 Å². The Morgan fingerprint density at radius 3 is 2.50 bits per heavy atom. The van der Waals surface area contributed by atoms with Gasteiger partial charge < -0.3 is 4.74 Å². The Kier molecular flexibility index (Phi) is 3.04. The minimum atomic E-state index is 0.654. The maximum Gasteiger partial charge on any atom is 0.145 e. The molecule has 0 radical (unpaired) electrons. The van der Waals surface area contributed by atoms with Gasteiger partial charge in [-0.15, -0.1) is 22.7 Å². The minimum absolute atomic E-state index is 0.654. The summed E-state index contributed by atoms with van der Waals surface area (Å²) in [6.45, 7) is 0.654. The first-order valence-electron chi connectivity index (χ1n) is 8.65. The predicted octanol–water partition coefficient (Wildman–Crippen LogP) is 7.34. The number of ether oxygens (including phenoxy) is 1. The van der Waals surface area contributed by atoms with Crippen molar-refractivity contribution in [3.63, 3.8) is 0 Å². The smallest absolute Gasteiger partial charge is 0.145 e. The van der Waals surface area contributed by atoms with E-state index in [4.69, 9.17) is 4.74 Å². The summed E-state index contributed by atoms with van der Waals surface area (Å²) in [5.41, 5.74) is 2.51. The molecule has 0 saturated heterocycles. The minimum Gasteiger partial charge on any atom is -0.487 e. The summed E-state index contributed by atoms with van der Waals surface area (Å²) in [5, 5.41) is 3.95. The van der Waals surface area contributed by atoms with Crippen LogP contribution in [0.15, 0.2) is 66.7 Å². The lowest BCUT2D eigenvalue weighted by Crippen LogP contribution is -2.00. The molecule has 0 fully saturated rings. The van der Waals surface area contributed by atoms with Gasteiger partial charge in [0.05, 0.1) is 9.40 Å². The molecule has 5 aromatic rings. The number of fused-ring (bicyclic) bond motifs is 8. The SMILES string of the molecule is C1=Cc2c(c3sc4cc(-c5ccccc5)sc4c3c3ccccc23)OC1. The molecule has 0 atom stereocenters. The van der Waals surface area contributed by atoms with E-state index in [0.29, 0.717) is 6.61 Å². The molecule has 3 heteroatoms. The maximum atomic E-state index is 6.09. The zero-order chi connectivity index (χ0) is 17.1. The molecule has 0 aliphatic carbocycles. The Bertz CT molecular complexity index is 1320. The monoisotopic (exact) mass is 370 g/mol. The zero-order valence-electron chi connectivity index (χ0n) is 13.9. The van der Waals surface area contributed by atoms with E-state index in [1.165, 1.54) is 46.3 Å². The molecule has 1 aliphatic rings. The third kappa shape index (κ3) is 1.96. The maximum absolute atomic E-state index is 6.09. The number of benzene rings is 3. The predicted molar refractivity (Wildman–Crippen MR) is 115 cm³/mol. The van der Waals surface area contributed by atoms with E-state index in [2.05, 4.69) is 72.8 Å². The van der Waals surface area contributed by atoms with Crippen LogP contribution in [0.1, 0.15) is 5.56 Å². The molecule has 6 rings (SSSR count). The van der Waals surface area contributed by atoms with Gasteiger partial charge in [-0.1, -0.05) is 60.7 Å². The largest absolute Gasteiger partial charge is 0.487 e. The van der Waals surface area contributed by atoms with Crippen LogP contribution in [-0.4, -0.2) is 6.61 Å². The highest BCUT2D eigenvalue weighted by Gasteiger charge is 2.21. The molecular formula is C23H14OS2. The van der Waals surface area contributed by atoms with E-state index in [1.54, 1.807) is 0 Å². The van der Waals surface area contributed by atoms with Crippen molar-refractivity contribution in [3.8, 4) is 16.2 Å². The van der Waals surface area contributed by atoms with Gasteiger partial charge in [-0.25, -0.2) is 0 Å². The molecular weight excluding hydrogens is 356 g/mol. The molecule has 0 bridgehead atoms. The average Bonchev–Trinajstić information content (AvgIpc) is 3.27. The highest BCUT2D eigenvalue weighted by Crippen LogP contribution is 2.50. The fourth-order valence-electron chi connectivity index (χ4n) is 3.82. The van der Waals surface area contributed by atoms with Crippen LogP contribution in [0.3, 0.4) is 0 Å². The van der Waals surface area contributed by atoms with Crippen molar-refractivity contribution in [2.45, 2.75) is 0 Å². The Hall–Kier alpha value is -2.62. The Labute approximate surface area is 158 Å². The second-order valence-corrected chi connectivity index (χ2v) is 8.58. The van der Waals surface area contributed by atoms with Gasteiger partial charge in [0.1, 0.15) is 12.4 Å². The molecule has 1 nitrogen and oxygen atoms in total. The van der Waals surface area contributed by atoms with E-state index in [9.17, 15) is 0 Å². The molecule has 0 spiro atoms. The third-order valence-corrected chi connectivity index (χ3v) is 7.43. The summed E-state index contributed by atoms with van der Waals surface area (Å²) in [5.74, 6) is 1.05. The highest BCUT2D eigenvalue weighted by atomic mass is 32.1. The third-order valence-electron chi connectivity index (χ3n) is 4.97. The lowest BCUT2D eigenvalue weighted by atomic mass is 9.99. The first kappa shape index (κ1) is 14.5. The van der Waals surface area contributed by atoms with Crippen molar-refractivity contribution in [3.05, 3.63) is 72.3 Å². The van der Waals surface area contributed by atoms with E-state index < -0.39 is 0 Å². The molecule has 1 aliphatic heterocycles. The Balaban J connectivity index is 1.76. The van der Waals surface area contributed by atoms with E-state index >= 15 is 0 Å². The highest BCUT2D eigenvalue weighted by molar-refractivity contribution is 7.34. The van der Waals surface area contributed by atoms with Crippen molar-refractivity contribution in [1.29, 1.82) is 0 Å². The number of rotatable bonds is 1. The zero-order valence-corrected chi connectivity index (χ0v) is 15.5. The molecule has 0 amide bonds. The van der Waals surface area contributed by atoms with Gasteiger partial charge in [-0.3, -0.25) is 0 Å². The van der Waals surface area contributed by atoms with Crippen LogP contribution in [0.2, 0.25) is 0 Å². The van der Waals surface area contributed by atoms with Crippen molar-refractivity contribution >= 4 is 59.0 Å². The fourth-order valence-corrected chi connectivity index (χ4v) is 6.50. The second kappa shape index (κ2) is 5.44. The van der Waals surface area contributed by atoms with Crippen LogP contribution in [0, 0.1) is 0 Å². The molecule has 124 valence electrons. The molecule has 3 heterocycles. The molecule has 0 N–H and O–H groups in total. The molecule has 0 saturated carbocycles. The summed E-state index contributed by atoms with van der Waals surface area (Å²) in [6, 6.07) is 21.7. The van der Waals surface area contributed by atoms with Crippen LogP contribution in [0.5, 0.6) is 5.75 Å². The standard InChI is InChI=1S/C23H14OS2/c1-2-7-14(8-3-1)18-13-19-22(25-18)20-16-10-5-4-9-15(16)17-11-6-12-24-21(17)23(20)26-19/h1-11,13H,12H2. The summed E-state index contributed by atoms with van der Waals surface area (Å²) in [6.07, 6.45) is 4.31.